The molecule has 3 nitrogen and oxygen atoms in total. The highest BCUT2D eigenvalue weighted by Gasteiger charge is 2.57. The highest BCUT2D eigenvalue weighted by molar-refractivity contribution is 5.42. The molecule has 2 fully saturated rings. The smallest absolute Gasteiger partial charge is 0.110 e. The predicted octanol–water partition coefficient (Wildman–Crippen LogP) is 3.48. The summed E-state index contributed by atoms with van der Waals surface area (Å²) in [5.74, 6) is 1.76. The van der Waals surface area contributed by atoms with Gasteiger partial charge in [-0.05, 0) is 60.0 Å². The third-order valence-electron chi connectivity index (χ3n) is 7.30. The first-order valence-electron chi connectivity index (χ1n) is 8.61. The summed E-state index contributed by atoms with van der Waals surface area (Å²) >= 11 is 0. The molecule has 0 bridgehead atoms. The highest BCUT2D eigenvalue weighted by Crippen LogP contribution is 2.62. The molecule has 1 radical (unpaired) electrons. The lowest BCUT2D eigenvalue weighted by atomic mass is 9.50. The maximum Gasteiger partial charge on any atom is 0.110 e. The third-order valence-corrected chi connectivity index (χ3v) is 7.30. The molecule has 4 unspecified atom stereocenters. The lowest BCUT2D eigenvalue weighted by Gasteiger charge is -2.54. The lowest BCUT2D eigenvalue weighted by molar-refractivity contribution is -0.0376. The van der Waals surface area contributed by atoms with Gasteiger partial charge in [0.25, 0.3) is 0 Å². The third kappa shape index (κ3) is 1.72. The van der Waals surface area contributed by atoms with Crippen LogP contribution in [0.1, 0.15) is 39.5 Å². The molecule has 4 aliphatic carbocycles. The zero-order chi connectivity index (χ0) is 15.5. The summed E-state index contributed by atoms with van der Waals surface area (Å²) in [7, 11) is 0. The van der Waals surface area contributed by atoms with Crippen molar-refractivity contribution in [3.63, 3.8) is 0 Å². The number of hydrogen-bond donors (Lipinski definition) is 1. The Hall–Kier alpha value is -1.22. The first kappa shape index (κ1) is 14.4. The fourth-order valence-corrected chi connectivity index (χ4v) is 5.81. The number of hydrogen-bond acceptors (Lipinski definition) is 2. The van der Waals surface area contributed by atoms with Gasteiger partial charge in [-0.2, -0.15) is 5.11 Å². The van der Waals surface area contributed by atoms with Gasteiger partial charge in [-0.3, -0.25) is 0 Å². The molecular formula is C19H25N2O. The van der Waals surface area contributed by atoms with Gasteiger partial charge in [0, 0.05) is 5.41 Å². The number of aliphatic hydroxyl groups is 1. The van der Waals surface area contributed by atoms with Gasteiger partial charge in [0.1, 0.15) is 6.04 Å². The second-order valence-electron chi connectivity index (χ2n) is 8.16. The van der Waals surface area contributed by atoms with Crippen LogP contribution in [-0.2, 0) is 0 Å². The first-order chi connectivity index (χ1) is 10.5. The van der Waals surface area contributed by atoms with E-state index in [2.05, 4.69) is 43.3 Å². The molecule has 0 amide bonds. The van der Waals surface area contributed by atoms with Crippen LogP contribution in [0.5, 0.6) is 0 Å². The highest BCUT2D eigenvalue weighted by atomic mass is 16.3. The molecule has 0 saturated heterocycles. The molecular weight excluding hydrogens is 272 g/mol. The maximum atomic E-state index is 10.4. The molecule has 22 heavy (non-hydrogen) atoms. The summed E-state index contributed by atoms with van der Waals surface area (Å²) in [6.45, 7) is 4.63. The molecule has 4 rings (SSSR count). The summed E-state index contributed by atoms with van der Waals surface area (Å²) in [6.07, 6.45) is 15.3. The Morgan fingerprint density at radius 1 is 1.18 bits per heavy atom. The molecule has 7 atom stereocenters. The quantitative estimate of drug-likeness (QED) is 0.584. The molecule has 117 valence electrons. The average molecular weight is 297 g/mol. The largest absolute Gasteiger partial charge is 0.393 e. The second-order valence-corrected chi connectivity index (χ2v) is 8.16. The van der Waals surface area contributed by atoms with Crippen molar-refractivity contribution in [2.75, 3.05) is 0 Å². The van der Waals surface area contributed by atoms with E-state index in [9.17, 15) is 5.11 Å². The van der Waals surface area contributed by atoms with Gasteiger partial charge in [-0.1, -0.05) is 44.2 Å². The van der Waals surface area contributed by atoms with Crippen LogP contribution in [0, 0.1) is 28.6 Å². The molecule has 4 aliphatic rings. The first-order valence-corrected chi connectivity index (χ1v) is 8.61. The lowest BCUT2D eigenvalue weighted by Crippen LogP contribution is -2.49. The van der Waals surface area contributed by atoms with E-state index in [0.29, 0.717) is 17.8 Å². The van der Waals surface area contributed by atoms with Crippen LogP contribution in [-0.4, -0.2) is 17.3 Å². The van der Waals surface area contributed by atoms with E-state index >= 15 is 0 Å². The van der Waals surface area contributed by atoms with E-state index in [1.165, 1.54) is 5.57 Å². The summed E-state index contributed by atoms with van der Waals surface area (Å²) in [6, 6.07) is -0.202. The number of rotatable bonds is 1. The summed E-state index contributed by atoms with van der Waals surface area (Å²) in [5, 5.41) is 13.9. The Balaban J connectivity index is 1.74. The maximum absolute atomic E-state index is 10.4. The van der Waals surface area contributed by atoms with E-state index in [0.717, 1.165) is 25.7 Å². The minimum atomic E-state index is -0.202. The van der Waals surface area contributed by atoms with Crippen LogP contribution in [0.15, 0.2) is 41.1 Å². The van der Waals surface area contributed by atoms with Gasteiger partial charge in [-0.15, -0.1) is 0 Å². The zero-order valence-corrected chi connectivity index (χ0v) is 13.4. The van der Waals surface area contributed by atoms with Crippen molar-refractivity contribution in [2.45, 2.75) is 51.7 Å². The van der Waals surface area contributed by atoms with Crippen molar-refractivity contribution < 1.29 is 5.11 Å². The molecule has 0 heterocycles. The minimum Gasteiger partial charge on any atom is -0.393 e. The standard InChI is InChI=1S/C19H25N2O/c1-18-9-7-13(21-20)11-12(18)3-4-14-15-5-6-17(22)19(15,2)10-8-16(14)18/h3-4,7,9,11,13-17,22H,5-6,8,10H2,1-2H3/t13?,14?,15?,16?,17-,18-,19-/m0/s1. The molecule has 0 aromatic heterocycles. The Kier molecular flexibility index (Phi) is 3.03. The van der Waals surface area contributed by atoms with E-state index < -0.39 is 0 Å². The molecule has 1 N–H and O–H groups in total. The zero-order valence-electron chi connectivity index (χ0n) is 13.4. The van der Waals surface area contributed by atoms with E-state index in [4.69, 9.17) is 5.53 Å². The molecule has 2 saturated carbocycles. The van der Waals surface area contributed by atoms with Crippen molar-refractivity contribution >= 4 is 0 Å². The Morgan fingerprint density at radius 3 is 2.77 bits per heavy atom. The monoisotopic (exact) mass is 297 g/mol. The number of aliphatic hydroxyl groups excluding tert-OH is 1. The Bertz CT molecular complexity index is 592. The van der Waals surface area contributed by atoms with E-state index in [1.54, 1.807) is 0 Å². The van der Waals surface area contributed by atoms with Crippen molar-refractivity contribution in [1.82, 2.24) is 5.53 Å². The Labute approximate surface area is 132 Å². The second kappa shape index (κ2) is 4.64. The summed E-state index contributed by atoms with van der Waals surface area (Å²) in [5.41, 5.74) is 10.5. The van der Waals surface area contributed by atoms with Gasteiger partial charge in [0.05, 0.1) is 6.10 Å². The van der Waals surface area contributed by atoms with Crippen molar-refractivity contribution in [3.05, 3.63) is 36.0 Å². The molecule has 0 spiro atoms. The van der Waals surface area contributed by atoms with Gasteiger partial charge < -0.3 is 5.11 Å². The van der Waals surface area contributed by atoms with Crippen molar-refractivity contribution in [3.8, 4) is 0 Å². The van der Waals surface area contributed by atoms with Crippen LogP contribution in [0.3, 0.4) is 0 Å². The normalized spacial score (nSPS) is 52.5. The van der Waals surface area contributed by atoms with Gasteiger partial charge in [-0.25, -0.2) is 0 Å². The van der Waals surface area contributed by atoms with Crippen LogP contribution < -0.4 is 5.53 Å². The fraction of sp³-hybridized carbons (Fsp3) is 0.684. The van der Waals surface area contributed by atoms with E-state index in [-0.39, 0.29) is 23.0 Å². The van der Waals surface area contributed by atoms with Crippen LogP contribution >= 0.6 is 0 Å². The molecule has 0 aromatic rings. The van der Waals surface area contributed by atoms with Gasteiger partial charge in [0.2, 0.25) is 0 Å². The SMILES string of the molecule is C[C@]12C=CC(N=[N])C=C1C=CC1C2CC[C@@]2(C)C1CC[C@@H]2O. The number of allylic oxidation sites excluding steroid dienone is 4. The van der Waals surface area contributed by atoms with E-state index in [1.807, 2.05) is 6.08 Å². The Morgan fingerprint density at radius 2 is 2.00 bits per heavy atom. The molecule has 0 aliphatic heterocycles. The van der Waals surface area contributed by atoms with Crippen molar-refractivity contribution in [2.24, 2.45) is 33.7 Å². The van der Waals surface area contributed by atoms with Gasteiger partial charge >= 0.3 is 0 Å². The topological polar surface area (TPSA) is 54.9 Å². The molecule has 0 aromatic carbocycles. The van der Waals surface area contributed by atoms with Crippen LogP contribution in [0.25, 0.3) is 0 Å². The van der Waals surface area contributed by atoms with Crippen LogP contribution in [0.4, 0.5) is 0 Å². The minimum absolute atomic E-state index is 0.0511. The molecule has 3 heteroatoms. The fourth-order valence-electron chi connectivity index (χ4n) is 5.81. The number of fused-ring (bicyclic) bond motifs is 5. The summed E-state index contributed by atoms with van der Waals surface area (Å²) in [4.78, 5) is 0. The average Bonchev–Trinajstić information content (AvgIpc) is 2.82. The van der Waals surface area contributed by atoms with Crippen LogP contribution in [0.2, 0.25) is 0 Å². The summed E-state index contributed by atoms with van der Waals surface area (Å²) < 4.78 is 0. The van der Waals surface area contributed by atoms with Gasteiger partial charge in [0.15, 0.2) is 0 Å². The number of nitrogens with zero attached hydrogens (tertiary/aromatic N) is 2. The van der Waals surface area contributed by atoms with Crippen molar-refractivity contribution in [1.29, 1.82) is 0 Å². The predicted molar refractivity (Wildman–Crippen MR) is 85.9 cm³/mol.